The van der Waals surface area contributed by atoms with Crippen molar-refractivity contribution in [2.75, 3.05) is 13.2 Å². The van der Waals surface area contributed by atoms with Gasteiger partial charge in [0.25, 0.3) is 0 Å². The average molecular weight is 358 g/mol. The summed E-state index contributed by atoms with van der Waals surface area (Å²) in [5.41, 5.74) is 0. The molecule has 3 aliphatic heterocycles. The van der Waals surface area contributed by atoms with Crippen LogP contribution in [0.25, 0.3) is 0 Å². The highest BCUT2D eigenvalue weighted by Gasteiger charge is 2.60. The highest BCUT2D eigenvalue weighted by molar-refractivity contribution is 9.10. The molecule has 0 spiro atoms. The molecule has 0 radical (unpaired) electrons. The Bertz CT molecular complexity index is 508. The summed E-state index contributed by atoms with van der Waals surface area (Å²) < 4.78 is 9.84. The predicted molar refractivity (Wildman–Crippen MR) is 75.5 cm³/mol. The molecule has 0 aromatic carbocycles. The van der Waals surface area contributed by atoms with Gasteiger partial charge < -0.3 is 9.47 Å². The molecule has 2 amide bonds. The fourth-order valence-electron chi connectivity index (χ4n) is 2.99. The molecule has 3 rings (SSSR count). The number of hydrogen-bond donors (Lipinski definition) is 0. The number of nitrogens with zero attached hydrogens (tertiary/aromatic N) is 1. The highest BCUT2D eigenvalue weighted by Crippen LogP contribution is 2.44. The molecule has 2 fully saturated rings. The van der Waals surface area contributed by atoms with Crippen molar-refractivity contribution in [1.29, 1.82) is 0 Å². The number of amides is 2. The zero-order chi connectivity index (χ0) is 15.4. The van der Waals surface area contributed by atoms with Gasteiger partial charge in [0.1, 0.15) is 10.9 Å². The number of ether oxygens (including phenoxy) is 2. The van der Waals surface area contributed by atoms with E-state index in [1.54, 1.807) is 13.8 Å². The number of halogens is 1. The van der Waals surface area contributed by atoms with Gasteiger partial charge in [0.05, 0.1) is 30.6 Å². The van der Waals surface area contributed by atoms with Gasteiger partial charge in [-0.05, 0) is 13.8 Å². The Hall–Kier alpha value is -1.21. The van der Waals surface area contributed by atoms with Crippen molar-refractivity contribution in [3.8, 4) is 0 Å². The van der Waals surface area contributed by atoms with E-state index < -0.39 is 22.1 Å². The van der Waals surface area contributed by atoms with Crippen LogP contribution in [0.3, 0.4) is 0 Å². The molecule has 4 atom stereocenters. The van der Waals surface area contributed by atoms with Crippen molar-refractivity contribution in [3.63, 3.8) is 0 Å². The number of carbonyl (C=O) groups is 3. The molecule has 3 aliphatic rings. The van der Waals surface area contributed by atoms with Crippen LogP contribution in [0.2, 0.25) is 0 Å². The third-order valence-corrected chi connectivity index (χ3v) is 4.36. The molecular formula is C14H16BrNO5. The molecule has 3 heterocycles. The van der Waals surface area contributed by atoms with Crippen molar-refractivity contribution >= 4 is 33.7 Å². The quantitative estimate of drug-likeness (QED) is 0.319. The summed E-state index contributed by atoms with van der Waals surface area (Å²) in [5.74, 6) is -1.69. The summed E-state index contributed by atoms with van der Waals surface area (Å²) in [4.78, 5) is 37.4. The standard InChI is InChI=1S/C14H16BrNO5/c1-14(2,15)13(19)20-6-5-16-11(17)9-7-3-4-8(21-7)10(9)12(16)18/h3-4,7-10H,5-6H2,1-2H3/t7-,8+,9-,10+. The summed E-state index contributed by atoms with van der Waals surface area (Å²) in [7, 11) is 0. The Balaban J connectivity index is 1.60. The number of alkyl halides is 1. The minimum absolute atomic E-state index is 0.00834. The van der Waals surface area contributed by atoms with Gasteiger partial charge in [-0.3, -0.25) is 19.3 Å². The first-order valence-electron chi connectivity index (χ1n) is 6.86. The Kier molecular flexibility index (Phi) is 3.44. The van der Waals surface area contributed by atoms with Crippen LogP contribution in [-0.4, -0.2) is 52.4 Å². The lowest BCUT2D eigenvalue weighted by atomic mass is 9.85. The van der Waals surface area contributed by atoms with E-state index in [9.17, 15) is 14.4 Å². The van der Waals surface area contributed by atoms with Crippen molar-refractivity contribution in [2.45, 2.75) is 30.4 Å². The van der Waals surface area contributed by atoms with Crippen LogP contribution < -0.4 is 0 Å². The van der Waals surface area contributed by atoms with E-state index in [0.717, 1.165) is 0 Å². The Morgan fingerprint density at radius 3 is 2.29 bits per heavy atom. The number of esters is 1. The van der Waals surface area contributed by atoms with Crippen LogP contribution in [-0.2, 0) is 23.9 Å². The average Bonchev–Trinajstić information content (AvgIpc) is 3.06. The van der Waals surface area contributed by atoms with E-state index in [0.29, 0.717) is 0 Å². The van der Waals surface area contributed by atoms with Crippen LogP contribution in [0.5, 0.6) is 0 Å². The van der Waals surface area contributed by atoms with Gasteiger partial charge in [-0.1, -0.05) is 28.1 Å². The lowest BCUT2D eigenvalue weighted by molar-refractivity contribution is -0.150. The number of imide groups is 1. The molecule has 0 N–H and O–H groups in total. The number of hydrogen-bond acceptors (Lipinski definition) is 5. The summed E-state index contributed by atoms with van der Waals surface area (Å²) >= 11 is 3.20. The number of carbonyl (C=O) groups excluding carboxylic acids is 3. The van der Waals surface area contributed by atoms with Crippen LogP contribution in [0.1, 0.15) is 13.8 Å². The largest absolute Gasteiger partial charge is 0.463 e. The Morgan fingerprint density at radius 1 is 1.29 bits per heavy atom. The maximum Gasteiger partial charge on any atom is 0.322 e. The van der Waals surface area contributed by atoms with Crippen LogP contribution in [0.4, 0.5) is 0 Å². The van der Waals surface area contributed by atoms with Crippen molar-refractivity contribution < 1.29 is 23.9 Å². The van der Waals surface area contributed by atoms with E-state index in [2.05, 4.69) is 15.9 Å². The second-order valence-electron chi connectivity index (χ2n) is 5.94. The number of rotatable bonds is 4. The van der Waals surface area contributed by atoms with Gasteiger partial charge in [0.2, 0.25) is 11.8 Å². The van der Waals surface area contributed by atoms with Gasteiger partial charge in [0, 0.05) is 0 Å². The lowest BCUT2D eigenvalue weighted by Crippen LogP contribution is -2.38. The molecule has 21 heavy (non-hydrogen) atoms. The molecule has 6 nitrogen and oxygen atoms in total. The summed E-state index contributed by atoms with van der Waals surface area (Å²) in [6, 6.07) is 0. The molecule has 0 saturated carbocycles. The van der Waals surface area contributed by atoms with Gasteiger partial charge >= 0.3 is 5.97 Å². The zero-order valence-electron chi connectivity index (χ0n) is 11.7. The van der Waals surface area contributed by atoms with E-state index in [1.807, 2.05) is 12.2 Å². The van der Waals surface area contributed by atoms with Crippen LogP contribution in [0, 0.1) is 11.8 Å². The minimum atomic E-state index is -0.778. The van der Waals surface area contributed by atoms with Crippen molar-refractivity contribution in [2.24, 2.45) is 11.8 Å². The molecule has 0 aliphatic carbocycles. The first-order valence-corrected chi connectivity index (χ1v) is 7.65. The summed E-state index contributed by atoms with van der Waals surface area (Å²) in [6.07, 6.45) is 3.11. The van der Waals surface area contributed by atoms with E-state index in [4.69, 9.17) is 9.47 Å². The summed E-state index contributed by atoms with van der Waals surface area (Å²) in [6.45, 7) is 3.45. The fourth-order valence-corrected chi connectivity index (χ4v) is 3.10. The topological polar surface area (TPSA) is 72.9 Å². The predicted octanol–water partition coefficient (Wildman–Crippen LogP) is 0.641. The minimum Gasteiger partial charge on any atom is -0.463 e. The van der Waals surface area contributed by atoms with Gasteiger partial charge in [-0.15, -0.1) is 0 Å². The van der Waals surface area contributed by atoms with Gasteiger partial charge in [0.15, 0.2) is 0 Å². The van der Waals surface area contributed by atoms with Crippen LogP contribution >= 0.6 is 15.9 Å². The van der Waals surface area contributed by atoms with E-state index in [-0.39, 0.29) is 37.2 Å². The normalized spacial score (nSPS) is 33.8. The highest BCUT2D eigenvalue weighted by atomic mass is 79.9. The monoisotopic (exact) mass is 357 g/mol. The smallest absolute Gasteiger partial charge is 0.322 e. The third-order valence-electron chi connectivity index (χ3n) is 4.04. The van der Waals surface area contributed by atoms with Gasteiger partial charge in [-0.2, -0.15) is 0 Å². The lowest BCUT2D eigenvalue weighted by Gasteiger charge is -2.19. The third kappa shape index (κ3) is 2.32. The molecule has 7 heteroatoms. The maximum atomic E-state index is 12.3. The number of fused-ring (bicyclic) bond motifs is 5. The first kappa shape index (κ1) is 14.7. The van der Waals surface area contributed by atoms with Crippen LogP contribution in [0.15, 0.2) is 12.2 Å². The second kappa shape index (κ2) is 4.91. The Morgan fingerprint density at radius 2 is 1.81 bits per heavy atom. The molecule has 0 aromatic rings. The fraction of sp³-hybridized carbons (Fsp3) is 0.643. The molecule has 0 unspecified atom stereocenters. The molecule has 0 aromatic heterocycles. The number of likely N-dealkylation sites (tertiary alicyclic amines) is 1. The molecule has 114 valence electrons. The molecule has 2 bridgehead atoms. The molecular weight excluding hydrogens is 342 g/mol. The van der Waals surface area contributed by atoms with E-state index in [1.165, 1.54) is 4.90 Å². The first-order chi connectivity index (χ1) is 9.80. The second-order valence-corrected chi connectivity index (χ2v) is 7.92. The van der Waals surface area contributed by atoms with Crippen molar-refractivity contribution in [1.82, 2.24) is 4.90 Å². The van der Waals surface area contributed by atoms with E-state index >= 15 is 0 Å². The van der Waals surface area contributed by atoms with Crippen molar-refractivity contribution in [3.05, 3.63) is 12.2 Å². The zero-order valence-corrected chi connectivity index (χ0v) is 13.3. The maximum absolute atomic E-state index is 12.3. The molecule has 2 saturated heterocycles. The SMILES string of the molecule is CC(C)(Br)C(=O)OCCN1C(=O)[C@@H]2[C@H](C1=O)[C@H]1C=C[C@@H]2O1. The van der Waals surface area contributed by atoms with Gasteiger partial charge in [-0.25, -0.2) is 0 Å². The summed E-state index contributed by atoms with van der Waals surface area (Å²) in [5, 5.41) is 0. The Labute approximate surface area is 130 Å².